The number of ether oxygens (including phenoxy) is 2. The first kappa shape index (κ1) is 15.7. The van der Waals surface area contributed by atoms with Crippen molar-refractivity contribution in [3.05, 3.63) is 48.4 Å². The number of imidazole rings is 1. The lowest BCUT2D eigenvalue weighted by Crippen LogP contribution is -2.32. The normalized spacial score (nSPS) is 20.2. The second kappa shape index (κ2) is 6.25. The molecule has 130 valence electrons. The largest absolute Gasteiger partial charge is 0.493 e. The molecule has 2 atom stereocenters. The first-order valence-corrected chi connectivity index (χ1v) is 8.25. The number of anilines is 1. The summed E-state index contributed by atoms with van der Waals surface area (Å²) >= 11 is 0. The van der Waals surface area contributed by atoms with Crippen molar-refractivity contribution in [1.82, 2.24) is 14.4 Å². The molecular formula is C18H21N5O2. The second-order valence-electron chi connectivity index (χ2n) is 6.09. The minimum atomic E-state index is -0.0324. The minimum absolute atomic E-state index is 0.0150. The molecule has 0 saturated carbocycles. The Morgan fingerprint density at radius 1 is 1.16 bits per heavy atom. The third-order valence-electron chi connectivity index (χ3n) is 4.74. The molecule has 0 radical (unpaired) electrons. The summed E-state index contributed by atoms with van der Waals surface area (Å²) in [6, 6.07) is 7.84. The lowest BCUT2D eigenvalue weighted by Gasteiger charge is -2.29. The molecular weight excluding hydrogens is 318 g/mol. The number of hydrogen-bond acceptors (Lipinski definition) is 6. The van der Waals surface area contributed by atoms with E-state index in [2.05, 4.69) is 14.9 Å². The second-order valence-corrected chi connectivity index (χ2v) is 6.09. The van der Waals surface area contributed by atoms with Crippen LogP contribution in [0.1, 0.15) is 18.0 Å². The number of methoxy groups -OCH3 is 2. The number of aromatic nitrogens is 3. The molecule has 1 aliphatic heterocycles. The van der Waals surface area contributed by atoms with Gasteiger partial charge in [-0.05, 0) is 18.6 Å². The van der Waals surface area contributed by atoms with Crippen molar-refractivity contribution in [3.8, 4) is 11.5 Å². The fourth-order valence-electron chi connectivity index (χ4n) is 3.57. The van der Waals surface area contributed by atoms with Gasteiger partial charge in [-0.15, -0.1) is 0 Å². The Kier molecular flexibility index (Phi) is 3.93. The van der Waals surface area contributed by atoms with Crippen LogP contribution in [-0.4, -0.2) is 41.2 Å². The predicted molar refractivity (Wildman–Crippen MR) is 95.2 cm³/mol. The standard InChI is InChI=1S/C18H21N5O2/c1-24-14-5-3-4-12(17(14)25-2)16-13(19)6-10-23(16)15-7-9-22-11-8-20-18(22)21-15/h3-5,7-9,11,13,16H,6,10,19H2,1-2H3. The highest BCUT2D eigenvalue weighted by Crippen LogP contribution is 2.42. The summed E-state index contributed by atoms with van der Waals surface area (Å²) in [6.07, 6.45) is 6.47. The van der Waals surface area contributed by atoms with Gasteiger partial charge in [0.1, 0.15) is 5.82 Å². The van der Waals surface area contributed by atoms with Crippen LogP contribution < -0.4 is 20.1 Å². The van der Waals surface area contributed by atoms with E-state index in [0.717, 1.165) is 30.1 Å². The molecule has 2 unspecified atom stereocenters. The van der Waals surface area contributed by atoms with Crippen LogP contribution >= 0.6 is 0 Å². The van der Waals surface area contributed by atoms with Crippen LogP contribution in [0, 0.1) is 0 Å². The Labute approximate surface area is 146 Å². The van der Waals surface area contributed by atoms with Gasteiger partial charge in [0, 0.05) is 36.7 Å². The molecule has 0 bridgehead atoms. The SMILES string of the molecule is COc1cccc(C2C(N)CCN2c2ccn3ccnc3n2)c1OC. The third kappa shape index (κ3) is 2.56. The van der Waals surface area contributed by atoms with Crippen molar-refractivity contribution >= 4 is 11.6 Å². The number of benzene rings is 1. The predicted octanol–water partition coefficient (Wildman–Crippen LogP) is 2.03. The Bertz CT molecular complexity index is 894. The maximum Gasteiger partial charge on any atom is 0.235 e. The van der Waals surface area contributed by atoms with Gasteiger partial charge >= 0.3 is 0 Å². The number of fused-ring (bicyclic) bond motifs is 1. The Morgan fingerprint density at radius 3 is 2.84 bits per heavy atom. The van der Waals surface area contributed by atoms with E-state index in [4.69, 9.17) is 15.2 Å². The lowest BCUT2D eigenvalue weighted by molar-refractivity contribution is 0.348. The van der Waals surface area contributed by atoms with Crippen LogP contribution in [-0.2, 0) is 0 Å². The summed E-state index contributed by atoms with van der Waals surface area (Å²) in [6.45, 7) is 0.829. The van der Waals surface area contributed by atoms with Gasteiger partial charge in [-0.3, -0.25) is 4.40 Å². The van der Waals surface area contributed by atoms with E-state index in [1.54, 1.807) is 20.4 Å². The molecule has 0 spiro atoms. The average Bonchev–Trinajstić information content (AvgIpc) is 3.26. The number of nitrogens with two attached hydrogens (primary N) is 1. The van der Waals surface area contributed by atoms with Gasteiger partial charge in [0.25, 0.3) is 0 Å². The van der Waals surface area contributed by atoms with Crippen molar-refractivity contribution in [2.75, 3.05) is 25.7 Å². The topological polar surface area (TPSA) is 77.9 Å². The molecule has 2 aromatic heterocycles. The summed E-state index contributed by atoms with van der Waals surface area (Å²) in [5.41, 5.74) is 7.47. The lowest BCUT2D eigenvalue weighted by atomic mass is 9.99. The van der Waals surface area contributed by atoms with Crippen molar-refractivity contribution in [3.63, 3.8) is 0 Å². The summed E-state index contributed by atoms with van der Waals surface area (Å²) < 4.78 is 13.0. The summed E-state index contributed by atoms with van der Waals surface area (Å²) in [7, 11) is 3.29. The third-order valence-corrected chi connectivity index (χ3v) is 4.74. The zero-order chi connectivity index (χ0) is 17.4. The van der Waals surface area contributed by atoms with E-state index in [1.807, 2.05) is 41.1 Å². The molecule has 1 aromatic carbocycles. The molecule has 0 amide bonds. The molecule has 1 saturated heterocycles. The van der Waals surface area contributed by atoms with Gasteiger partial charge in [-0.1, -0.05) is 12.1 Å². The fourth-order valence-corrected chi connectivity index (χ4v) is 3.57. The highest BCUT2D eigenvalue weighted by atomic mass is 16.5. The van der Waals surface area contributed by atoms with E-state index in [-0.39, 0.29) is 12.1 Å². The molecule has 1 aliphatic rings. The van der Waals surface area contributed by atoms with Crippen LogP contribution in [0.2, 0.25) is 0 Å². The van der Waals surface area contributed by atoms with Crippen LogP contribution in [0.5, 0.6) is 11.5 Å². The van der Waals surface area contributed by atoms with Gasteiger partial charge < -0.3 is 20.1 Å². The number of hydrogen-bond donors (Lipinski definition) is 1. The van der Waals surface area contributed by atoms with Crippen molar-refractivity contribution in [2.24, 2.45) is 5.73 Å². The number of rotatable bonds is 4. The molecule has 7 heteroatoms. The molecule has 2 N–H and O–H groups in total. The quantitative estimate of drug-likeness (QED) is 0.784. The Hall–Kier alpha value is -2.80. The minimum Gasteiger partial charge on any atom is -0.493 e. The fraction of sp³-hybridized carbons (Fsp3) is 0.333. The molecule has 7 nitrogen and oxygen atoms in total. The van der Waals surface area contributed by atoms with Crippen LogP contribution in [0.15, 0.2) is 42.9 Å². The van der Waals surface area contributed by atoms with E-state index < -0.39 is 0 Å². The summed E-state index contributed by atoms with van der Waals surface area (Å²) in [5, 5.41) is 0. The monoisotopic (exact) mass is 339 g/mol. The summed E-state index contributed by atoms with van der Waals surface area (Å²) in [4.78, 5) is 11.2. The summed E-state index contributed by atoms with van der Waals surface area (Å²) in [5.74, 6) is 2.96. The van der Waals surface area contributed by atoms with Gasteiger partial charge in [0.2, 0.25) is 5.78 Å². The van der Waals surface area contributed by atoms with Crippen molar-refractivity contribution in [2.45, 2.75) is 18.5 Å². The van der Waals surface area contributed by atoms with E-state index in [9.17, 15) is 0 Å². The van der Waals surface area contributed by atoms with E-state index in [0.29, 0.717) is 11.5 Å². The smallest absolute Gasteiger partial charge is 0.235 e. The van der Waals surface area contributed by atoms with E-state index >= 15 is 0 Å². The van der Waals surface area contributed by atoms with Gasteiger partial charge in [0.05, 0.1) is 20.3 Å². The van der Waals surface area contributed by atoms with Gasteiger partial charge in [-0.2, -0.15) is 4.98 Å². The zero-order valence-corrected chi connectivity index (χ0v) is 14.3. The van der Waals surface area contributed by atoms with Crippen LogP contribution in [0.25, 0.3) is 5.78 Å². The molecule has 25 heavy (non-hydrogen) atoms. The van der Waals surface area contributed by atoms with Crippen LogP contribution in [0.3, 0.4) is 0 Å². The van der Waals surface area contributed by atoms with Crippen molar-refractivity contribution in [1.29, 1.82) is 0 Å². The molecule has 3 aromatic rings. The first-order chi connectivity index (χ1) is 12.2. The molecule has 1 fully saturated rings. The average molecular weight is 339 g/mol. The Morgan fingerprint density at radius 2 is 2.04 bits per heavy atom. The molecule has 4 rings (SSSR count). The van der Waals surface area contributed by atoms with E-state index in [1.165, 1.54) is 0 Å². The zero-order valence-electron chi connectivity index (χ0n) is 14.3. The highest BCUT2D eigenvalue weighted by Gasteiger charge is 2.36. The van der Waals surface area contributed by atoms with Gasteiger partial charge in [-0.25, -0.2) is 4.98 Å². The maximum atomic E-state index is 6.46. The molecule has 3 heterocycles. The molecule has 0 aliphatic carbocycles. The number of para-hydroxylation sites is 1. The van der Waals surface area contributed by atoms with Crippen LogP contribution in [0.4, 0.5) is 5.82 Å². The maximum absolute atomic E-state index is 6.46. The van der Waals surface area contributed by atoms with Crippen molar-refractivity contribution < 1.29 is 9.47 Å². The first-order valence-electron chi connectivity index (χ1n) is 8.25. The highest BCUT2D eigenvalue weighted by molar-refractivity contribution is 5.55. The van der Waals surface area contributed by atoms with Gasteiger partial charge in [0.15, 0.2) is 11.5 Å². The number of nitrogens with zero attached hydrogens (tertiary/aromatic N) is 4. The Balaban J connectivity index is 1.79.